The van der Waals surface area contributed by atoms with E-state index < -0.39 is 18.0 Å². The van der Waals surface area contributed by atoms with Crippen LogP contribution in [0.15, 0.2) is 60.8 Å². The molecule has 184 valence electrons. The second kappa shape index (κ2) is 11.2. The molecule has 0 spiro atoms. The number of ether oxygens (including phenoxy) is 1. The quantitative estimate of drug-likeness (QED) is 0.461. The minimum atomic E-state index is -0.914. The number of rotatable bonds is 10. The van der Waals surface area contributed by atoms with Crippen LogP contribution in [0.5, 0.6) is 5.75 Å². The third-order valence-corrected chi connectivity index (χ3v) is 6.46. The lowest BCUT2D eigenvalue weighted by atomic mass is 10.0. The molecule has 0 aliphatic carbocycles. The molecule has 1 fully saturated rings. The fourth-order valence-corrected chi connectivity index (χ4v) is 4.64. The van der Waals surface area contributed by atoms with E-state index in [-0.39, 0.29) is 13.0 Å². The van der Waals surface area contributed by atoms with Crippen LogP contribution in [0.25, 0.3) is 17.0 Å². The van der Waals surface area contributed by atoms with Gasteiger partial charge in [-0.3, -0.25) is 19.4 Å². The molecule has 0 unspecified atom stereocenters. The Labute approximate surface area is 204 Å². The zero-order chi connectivity index (χ0) is 24.8. The van der Waals surface area contributed by atoms with E-state index in [0.717, 1.165) is 36.1 Å². The Morgan fingerprint density at radius 3 is 2.46 bits per heavy atom. The summed E-state index contributed by atoms with van der Waals surface area (Å²) in [6.45, 7) is 3.87. The maximum Gasteiger partial charge on any atom is 0.325 e. The minimum absolute atomic E-state index is 0.0395. The molecule has 8 heteroatoms. The monoisotopic (exact) mass is 477 g/mol. The molecule has 8 nitrogen and oxygen atoms in total. The summed E-state index contributed by atoms with van der Waals surface area (Å²) in [5.74, 6) is -1.18. The van der Waals surface area contributed by atoms with E-state index in [9.17, 15) is 14.7 Å². The Bertz CT molecular complexity index is 1200. The summed E-state index contributed by atoms with van der Waals surface area (Å²) in [6, 6.07) is 14.8. The predicted molar refractivity (Wildman–Crippen MR) is 135 cm³/mol. The van der Waals surface area contributed by atoms with Gasteiger partial charge in [-0.25, -0.2) is 0 Å². The van der Waals surface area contributed by atoms with Crippen LogP contribution in [0.3, 0.4) is 0 Å². The van der Waals surface area contributed by atoms with Crippen LogP contribution in [0, 0.1) is 0 Å². The number of fused-ring (bicyclic) bond motifs is 1. The molecule has 35 heavy (non-hydrogen) atoms. The van der Waals surface area contributed by atoms with Crippen molar-refractivity contribution in [1.82, 2.24) is 14.4 Å². The van der Waals surface area contributed by atoms with Gasteiger partial charge in [0, 0.05) is 61.9 Å². The van der Waals surface area contributed by atoms with Crippen molar-refractivity contribution < 1.29 is 24.5 Å². The predicted octanol–water partition coefficient (Wildman–Crippen LogP) is 3.58. The molecule has 1 aliphatic heterocycles. The number of piperazine rings is 1. The van der Waals surface area contributed by atoms with Crippen LogP contribution in [0.4, 0.5) is 0 Å². The summed E-state index contributed by atoms with van der Waals surface area (Å²) in [5, 5.41) is 20.1. The highest BCUT2D eigenvalue weighted by molar-refractivity contribution is 5.90. The standard InChI is InChI=1S/C27H31N3O5/c1-35-21-9-10-24-22(18-21)23(19-30(24)13-11-25(31)32)26(27(33)34)29-16-14-28(15-17-29)12-5-8-20-6-3-2-4-7-20/h2-10,18-19,26H,11-17H2,1H3,(H,31,32)(H,33,34)/b8-5+/t26-/m1/s1. The fraction of sp³-hybridized carbons (Fsp3) is 0.333. The van der Waals surface area contributed by atoms with E-state index in [2.05, 4.69) is 29.2 Å². The van der Waals surface area contributed by atoms with E-state index in [1.807, 2.05) is 39.8 Å². The molecule has 3 aromatic rings. The van der Waals surface area contributed by atoms with Crippen molar-refractivity contribution in [3.8, 4) is 5.75 Å². The van der Waals surface area contributed by atoms with Gasteiger partial charge in [-0.05, 0) is 23.8 Å². The Morgan fingerprint density at radius 1 is 1.06 bits per heavy atom. The molecule has 0 amide bonds. The van der Waals surface area contributed by atoms with Gasteiger partial charge in [0.2, 0.25) is 0 Å². The van der Waals surface area contributed by atoms with Crippen LogP contribution in [0.2, 0.25) is 0 Å². The molecule has 1 aliphatic rings. The van der Waals surface area contributed by atoms with Gasteiger partial charge in [-0.1, -0.05) is 42.5 Å². The molecule has 0 radical (unpaired) electrons. The third kappa shape index (κ3) is 5.90. The summed E-state index contributed by atoms with van der Waals surface area (Å²) >= 11 is 0. The topological polar surface area (TPSA) is 95.2 Å². The van der Waals surface area contributed by atoms with Crippen LogP contribution in [-0.4, -0.2) is 76.4 Å². The van der Waals surface area contributed by atoms with Crippen molar-refractivity contribution in [2.45, 2.75) is 19.0 Å². The highest BCUT2D eigenvalue weighted by Crippen LogP contribution is 2.33. The number of methoxy groups -OCH3 is 1. The highest BCUT2D eigenvalue weighted by atomic mass is 16.5. The number of nitrogens with zero attached hydrogens (tertiary/aromatic N) is 3. The molecule has 0 saturated carbocycles. The largest absolute Gasteiger partial charge is 0.497 e. The van der Waals surface area contributed by atoms with Gasteiger partial charge in [0.05, 0.1) is 13.5 Å². The minimum Gasteiger partial charge on any atom is -0.497 e. The zero-order valence-electron chi connectivity index (χ0n) is 19.8. The Balaban J connectivity index is 1.51. The van der Waals surface area contributed by atoms with E-state index >= 15 is 0 Å². The molecule has 2 heterocycles. The zero-order valence-corrected chi connectivity index (χ0v) is 19.8. The Hall–Kier alpha value is -3.62. The third-order valence-electron chi connectivity index (χ3n) is 6.46. The van der Waals surface area contributed by atoms with E-state index in [1.54, 1.807) is 19.4 Å². The Kier molecular flexibility index (Phi) is 7.84. The Morgan fingerprint density at radius 2 is 1.80 bits per heavy atom. The fourth-order valence-electron chi connectivity index (χ4n) is 4.64. The van der Waals surface area contributed by atoms with Crippen LogP contribution in [0.1, 0.15) is 23.6 Å². The first-order valence-electron chi connectivity index (χ1n) is 11.8. The van der Waals surface area contributed by atoms with Gasteiger partial charge in [-0.15, -0.1) is 0 Å². The van der Waals surface area contributed by atoms with Crippen molar-refractivity contribution in [3.63, 3.8) is 0 Å². The summed E-state index contributed by atoms with van der Waals surface area (Å²) < 4.78 is 7.21. The van der Waals surface area contributed by atoms with Gasteiger partial charge in [-0.2, -0.15) is 0 Å². The molecule has 1 saturated heterocycles. The molecule has 4 rings (SSSR count). The molecular formula is C27H31N3O5. The van der Waals surface area contributed by atoms with Gasteiger partial charge in [0.15, 0.2) is 0 Å². The number of carbonyl (C=O) groups is 2. The van der Waals surface area contributed by atoms with Crippen molar-refractivity contribution >= 4 is 28.9 Å². The summed E-state index contributed by atoms with van der Waals surface area (Å²) in [4.78, 5) is 27.9. The lowest BCUT2D eigenvalue weighted by Crippen LogP contribution is -2.49. The van der Waals surface area contributed by atoms with E-state index in [1.165, 1.54) is 0 Å². The average Bonchev–Trinajstić information content (AvgIpc) is 3.21. The second-order valence-electron chi connectivity index (χ2n) is 8.70. The SMILES string of the molecule is COc1ccc2c(c1)c([C@H](C(=O)O)N1CCN(C/C=C/c3ccccc3)CC1)cn2CCC(=O)O. The number of carboxylic acid groups (broad SMARTS) is 2. The number of aryl methyl sites for hydroxylation is 1. The highest BCUT2D eigenvalue weighted by Gasteiger charge is 2.32. The smallest absolute Gasteiger partial charge is 0.325 e. The van der Waals surface area contributed by atoms with Crippen LogP contribution in [-0.2, 0) is 16.1 Å². The van der Waals surface area contributed by atoms with Crippen molar-refractivity contribution in [2.75, 3.05) is 39.8 Å². The van der Waals surface area contributed by atoms with E-state index in [0.29, 0.717) is 24.4 Å². The van der Waals surface area contributed by atoms with Crippen molar-refractivity contribution in [1.29, 1.82) is 0 Å². The number of hydrogen-bond donors (Lipinski definition) is 2. The summed E-state index contributed by atoms with van der Waals surface area (Å²) in [7, 11) is 1.57. The van der Waals surface area contributed by atoms with Gasteiger partial charge < -0.3 is 19.5 Å². The van der Waals surface area contributed by atoms with Crippen molar-refractivity contribution in [3.05, 3.63) is 71.9 Å². The molecular weight excluding hydrogens is 446 g/mol. The number of aromatic nitrogens is 1. The van der Waals surface area contributed by atoms with Crippen LogP contribution >= 0.6 is 0 Å². The van der Waals surface area contributed by atoms with E-state index in [4.69, 9.17) is 9.84 Å². The van der Waals surface area contributed by atoms with Gasteiger partial charge in [0.25, 0.3) is 0 Å². The molecule has 1 aromatic heterocycles. The molecule has 0 bridgehead atoms. The number of carboxylic acids is 2. The lowest BCUT2D eigenvalue weighted by molar-refractivity contribution is -0.144. The average molecular weight is 478 g/mol. The number of benzene rings is 2. The van der Waals surface area contributed by atoms with Gasteiger partial charge >= 0.3 is 11.9 Å². The summed E-state index contributed by atoms with van der Waals surface area (Å²) in [6.07, 6.45) is 6.00. The number of aliphatic carboxylic acids is 2. The first kappa shape index (κ1) is 24.5. The molecule has 1 atom stereocenters. The number of hydrogen-bond acceptors (Lipinski definition) is 5. The molecule has 2 aromatic carbocycles. The first-order chi connectivity index (χ1) is 17.0. The lowest BCUT2D eigenvalue weighted by Gasteiger charge is -2.37. The summed E-state index contributed by atoms with van der Waals surface area (Å²) in [5.41, 5.74) is 2.62. The van der Waals surface area contributed by atoms with Gasteiger partial charge in [0.1, 0.15) is 11.8 Å². The molecule has 2 N–H and O–H groups in total. The van der Waals surface area contributed by atoms with Crippen molar-refractivity contribution in [2.24, 2.45) is 0 Å². The first-order valence-corrected chi connectivity index (χ1v) is 11.8. The maximum absolute atomic E-state index is 12.5. The van der Waals surface area contributed by atoms with Crippen LogP contribution < -0.4 is 4.74 Å². The maximum atomic E-state index is 12.5. The normalized spacial score (nSPS) is 16.0. The second-order valence-corrected chi connectivity index (χ2v) is 8.70.